The maximum Gasteiger partial charge on any atom is 0.413 e. The SMILES string of the molecule is C=C(C)OC(=O)NC1(C(=O)N[C@@H](Cc2ccc(-c3ccc(C#N)cc3)cc2)C(N)=O)CCOCC1. The molecule has 1 heterocycles. The number of nitriles is 1. The van der Waals surface area contributed by atoms with Crippen LogP contribution < -0.4 is 16.4 Å². The predicted octanol–water partition coefficient (Wildman–Crippen LogP) is 2.55. The van der Waals surface area contributed by atoms with Crippen molar-refractivity contribution in [2.75, 3.05) is 13.2 Å². The topological polar surface area (TPSA) is 144 Å². The maximum atomic E-state index is 13.2. The van der Waals surface area contributed by atoms with Crippen LogP contribution in [0.4, 0.5) is 4.79 Å². The number of ether oxygens (including phenoxy) is 2. The third-order valence-electron chi connectivity index (χ3n) is 5.78. The van der Waals surface area contributed by atoms with Crippen molar-refractivity contribution >= 4 is 17.9 Å². The highest BCUT2D eigenvalue weighted by Gasteiger charge is 2.43. The summed E-state index contributed by atoms with van der Waals surface area (Å²) in [6, 6.07) is 15.8. The van der Waals surface area contributed by atoms with Crippen LogP contribution in [0.15, 0.2) is 60.9 Å². The number of hydrogen-bond donors (Lipinski definition) is 3. The van der Waals surface area contributed by atoms with E-state index in [4.69, 9.17) is 20.5 Å². The zero-order valence-corrected chi connectivity index (χ0v) is 19.5. The van der Waals surface area contributed by atoms with Gasteiger partial charge in [0.2, 0.25) is 11.8 Å². The van der Waals surface area contributed by atoms with Crippen molar-refractivity contribution in [1.82, 2.24) is 10.6 Å². The van der Waals surface area contributed by atoms with Crippen molar-refractivity contribution in [3.05, 3.63) is 72.0 Å². The van der Waals surface area contributed by atoms with E-state index < -0.39 is 29.5 Å². The average molecular weight is 477 g/mol. The monoisotopic (exact) mass is 476 g/mol. The van der Waals surface area contributed by atoms with Gasteiger partial charge in [0.15, 0.2) is 0 Å². The molecule has 0 aliphatic carbocycles. The Bertz CT molecular complexity index is 1130. The van der Waals surface area contributed by atoms with E-state index in [-0.39, 0.29) is 38.2 Å². The quantitative estimate of drug-likeness (QED) is 0.500. The van der Waals surface area contributed by atoms with Crippen LogP contribution in [0.25, 0.3) is 11.1 Å². The molecule has 0 unspecified atom stereocenters. The molecule has 35 heavy (non-hydrogen) atoms. The Kier molecular flexibility index (Phi) is 8.23. The Morgan fingerprint density at radius 3 is 2.20 bits per heavy atom. The summed E-state index contributed by atoms with van der Waals surface area (Å²) in [6.07, 6.45) is -0.190. The van der Waals surface area contributed by atoms with E-state index in [1.807, 2.05) is 36.4 Å². The lowest BCUT2D eigenvalue weighted by molar-refractivity contribution is -0.134. The lowest BCUT2D eigenvalue weighted by Gasteiger charge is -2.36. The molecule has 2 aromatic carbocycles. The number of carbonyl (C=O) groups is 3. The van der Waals surface area contributed by atoms with Gasteiger partial charge in [-0.15, -0.1) is 0 Å². The Labute approximate surface area is 203 Å². The smallest absolute Gasteiger partial charge is 0.413 e. The number of amides is 3. The third kappa shape index (κ3) is 6.68. The van der Waals surface area contributed by atoms with Crippen LogP contribution in [0.5, 0.6) is 0 Å². The molecule has 0 radical (unpaired) electrons. The number of carbonyl (C=O) groups excluding carboxylic acids is 3. The second-order valence-corrected chi connectivity index (χ2v) is 8.43. The van der Waals surface area contributed by atoms with Gasteiger partial charge in [-0.1, -0.05) is 43.0 Å². The fraction of sp³-hybridized carbons (Fsp3) is 0.308. The van der Waals surface area contributed by atoms with E-state index in [1.165, 1.54) is 6.92 Å². The van der Waals surface area contributed by atoms with Crippen LogP contribution in [-0.4, -0.2) is 42.7 Å². The molecular weight excluding hydrogens is 448 g/mol. The predicted molar refractivity (Wildman–Crippen MR) is 129 cm³/mol. The molecule has 9 nitrogen and oxygen atoms in total. The number of primary amides is 1. The van der Waals surface area contributed by atoms with Crippen molar-refractivity contribution in [2.45, 2.75) is 37.8 Å². The molecular formula is C26H28N4O5. The van der Waals surface area contributed by atoms with Crippen LogP contribution in [0.1, 0.15) is 30.9 Å². The van der Waals surface area contributed by atoms with Gasteiger partial charge in [0, 0.05) is 32.5 Å². The normalized spacial score (nSPS) is 15.2. The van der Waals surface area contributed by atoms with E-state index in [1.54, 1.807) is 12.1 Å². The maximum absolute atomic E-state index is 13.2. The molecule has 1 aliphatic heterocycles. The summed E-state index contributed by atoms with van der Waals surface area (Å²) in [5, 5.41) is 14.3. The number of benzene rings is 2. The first kappa shape index (κ1) is 25.5. The number of nitrogens with one attached hydrogen (secondary N) is 2. The molecule has 2 aromatic rings. The Morgan fingerprint density at radius 1 is 1.11 bits per heavy atom. The van der Waals surface area contributed by atoms with Crippen molar-refractivity contribution in [2.24, 2.45) is 5.73 Å². The molecule has 3 amide bonds. The van der Waals surface area contributed by atoms with E-state index in [9.17, 15) is 14.4 Å². The summed E-state index contributed by atoms with van der Waals surface area (Å²) < 4.78 is 10.3. The molecule has 0 aromatic heterocycles. The highest BCUT2D eigenvalue weighted by Crippen LogP contribution is 2.23. The lowest BCUT2D eigenvalue weighted by atomic mass is 9.88. The molecule has 1 aliphatic rings. The number of nitrogens with two attached hydrogens (primary N) is 1. The standard InChI is InChI=1S/C26H28N4O5/c1-17(2)35-25(33)30-26(11-13-34-14-12-26)24(32)29-22(23(28)31)15-18-3-7-20(8-4-18)21-9-5-19(16-27)6-10-21/h3-10,22H,1,11-15H2,2H3,(H2,28,31)(H,29,32)(H,30,33)/t22-/m0/s1. The second-order valence-electron chi connectivity index (χ2n) is 8.43. The van der Waals surface area contributed by atoms with Crippen molar-refractivity contribution in [3.63, 3.8) is 0 Å². The van der Waals surface area contributed by atoms with Gasteiger partial charge in [-0.25, -0.2) is 4.79 Å². The van der Waals surface area contributed by atoms with Crippen molar-refractivity contribution in [3.8, 4) is 17.2 Å². The van der Waals surface area contributed by atoms with Crippen molar-refractivity contribution < 1.29 is 23.9 Å². The molecule has 1 saturated heterocycles. The van der Waals surface area contributed by atoms with Gasteiger partial charge in [-0.2, -0.15) is 5.26 Å². The first-order valence-electron chi connectivity index (χ1n) is 11.2. The first-order chi connectivity index (χ1) is 16.7. The molecule has 0 saturated carbocycles. The zero-order valence-electron chi connectivity index (χ0n) is 19.5. The molecule has 1 fully saturated rings. The first-order valence-corrected chi connectivity index (χ1v) is 11.2. The van der Waals surface area contributed by atoms with E-state index in [2.05, 4.69) is 23.3 Å². The number of allylic oxidation sites excluding steroid dienone is 1. The van der Waals surface area contributed by atoms with Crippen LogP contribution in [0.2, 0.25) is 0 Å². The minimum absolute atomic E-state index is 0.178. The number of alkyl carbamates (subject to hydrolysis) is 1. The molecule has 3 rings (SSSR count). The largest absolute Gasteiger partial charge is 0.416 e. The highest BCUT2D eigenvalue weighted by molar-refractivity contribution is 5.94. The van der Waals surface area contributed by atoms with Gasteiger partial charge in [0.1, 0.15) is 11.6 Å². The molecule has 0 bridgehead atoms. The van der Waals surface area contributed by atoms with E-state index in [0.29, 0.717) is 5.56 Å². The van der Waals surface area contributed by atoms with E-state index >= 15 is 0 Å². The average Bonchev–Trinajstić information content (AvgIpc) is 2.84. The minimum atomic E-state index is -1.29. The van der Waals surface area contributed by atoms with Crippen molar-refractivity contribution in [1.29, 1.82) is 5.26 Å². The van der Waals surface area contributed by atoms with Gasteiger partial charge >= 0.3 is 6.09 Å². The minimum Gasteiger partial charge on any atom is -0.416 e. The number of hydrogen-bond acceptors (Lipinski definition) is 6. The fourth-order valence-corrected chi connectivity index (χ4v) is 3.83. The lowest BCUT2D eigenvalue weighted by Crippen LogP contribution is -2.63. The Balaban J connectivity index is 1.72. The van der Waals surface area contributed by atoms with Crippen LogP contribution in [0.3, 0.4) is 0 Å². The highest BCUT2D eigenvalue weighted by atomic mass is 16.6. The Morgan fingerprint density at radius 2 is 1.69 bits per heavy atom. The van der Waals surface area contributed by atoms with Crippen LogP contribution in [-0.2, 0) is 25.5 Å². The number of nitrogens with zero attached hydrogens (tertiary/aromatic N) is 1. The molecule has 4 N–H and O–H groups in total. The number of rotatable bonds is 8. The summed E-state index contributed by atoms with van der Waals surface area (Å²) in [4.78, 5) is 37.6. The van der Waals surface area contributed by atoms with Gasteiger partial charge in [-0.05, 0) is 35.7 Å². The molecule has 0 spiro atoms. The third-order valence-corrected chi connectivity index (χ3v) is 5.78. The van der Waals surface area contributed by atoms with E-state index in [0.717, 1.165) is 16.7 Å². The molecule has 9 heteroatoms. The summed E-state index contributed by atoms with van der Waals surface area (Å²) in [5.74, 6) is -1.04. The molecule has 1 atom stereocenters. The summed E-state index contributed by atoms with van der Waals surface area (Å²) in [5.41, 5.74) is 7.56. The fourth-order valence-electron chi connectivity index (χ4n) is 3.83. The zero-order chi connectivity index (χ0) is 25.4. The van der Waals surface area contributed by atoms with Gasteiger partial charge in [-0.3, -0.25) is 9.59 Å². The van der Waals surface area contributed by atoms with Gasteiger partial charge in [0.25, 0.3) is 0 Å². The summed E-state index contributed by atoms with van der Waals surface area (Å²) in [7, 11) is 0. The summed E-state index contributed by atoms with van der Waals surface area (Å²) >= 11 is 0. The van der Waals surface area contributed by atoms with Gasteiger partial charge < -0.3 is 25.8 Å². The van der Waals surface area contributed by atoms with Crippen LogP contribution >= 0.6 is 0 Å². The van der Waals surface area contributed by atoms with Gasteiger partial charge in [0.05, 0.1) is 17.4 Å². The second kappa shape index (κ2) is 11.3. The van der Waals surface area contributed by atoms with Crippen LogP contribution in [0, 0.1) is 11.3 Å². The summed E-state index contributed by atoms with van der Waals surface area (Å²) in [6.45, 7) is 5.57. The molecule has 182 valence electrons. The Hall–Kier alpha value is -4.16.